The van der Waals surface area contributed by atoms with E-state index in [1.165, 1.54) is 0 Å². The molecule has 0 saturated carbocycles. The van der Waals surface area contributed by atoms with Gasteiger partial charge in [0.1, 0.15) is 0 Å². The van der Waals surface area contributed by atoms with Crippen molar-refractivity contribution in [3.05, 3.63) is 56.9 Å². The molecule has 0 saturated heterocycles. The van der Waals surface area contributed by atoms with Gasteiger partial charge in [-0.05, 0) is 0 Å². The van der Waals surface area contributed by atoms with Crippen molar-refractivity contribution in [2.45, 2.75) is 61.0 Å². The molecule has 0 spiro atoms. The number of benzene rings is 1. The molecule has 194 valence electrons. The zero-order valence-electron chi connectivity index (χ0n) is 21.4. The second-order valence-corrected chi connectivity index (χ2v) is 22.7. The number of cyclic esters (lactones) is 1. The molecule has 0 amide bonds. The number of pyridine rings is 2. The molecule has 2 N–H and O–H groups in total. The van der Waals surface area contributed by atoms with Gasteiger partial charge in [-0.1, -0.05) is 0 Å². The molecule has 0 radical (unpaired) electrons. The summed E-state index contributed by atoms with van der Waals surface area (Å²) in [5.74, 6) is 5.69. The number of aliphatic hydroxyl groups is 1. The van der Waals surface area contributed by atoms with E-state index in [0.717, 1.165) is 28.2 Å². The fourth-order valence-electron chi connectivity index (χ4n) is 5.16. The Kier molecular flexibility index (Phi) is 6.19. The molecular weight excluding hydrogens is 537 g/mol. The Morgan fingerprint density at radius 3 is 2.65 bits per heavy atom. The molecule has 5 rings (SSSR count). The summed E-state index contributed by atoms with van der Waals surface area (Å²) < 4.78 is 12.3. The molecule has 0 aliphatic carbocycles. The van der Waals surface area contributed by atoms with Gasteiger partial charge in [-0.3, -0.25) is 0 Å². The van der Waals surface area contributed by atoms with Crippen molar-refractivity contribution in [3.8, 4) is 17.1 Å². The van der Waals surface area contributed by atoms with Crippen LogP contribution in [0.3, 0.4) is 0 Å². The van der Waals surface area contributed by atoms with Crippen molar-refractivity contribution in [2.24, 2.45) is 0 Å². The van der Waals surface area contributed by atoms with Crippen LogP contribution in [0.2, 0.25) is 22.5 Å². The number of aryl methyl sites for hydroxylation is 1. The number of carboxylic acid groups (broad SMARTS) is 1. The Morgan fingerprint density at radius 2 is 1.97 bits per heavy atom. The average Bonchev–Trinajstić information content (AvgIpc) is 3.21. The molecule has 4 heterocycles. The summed E-state index contributed by atoms with van der Waals surface area (Å²) in [4.78, 5) is 42.0. The standard InChI is InChI=1S/C27H30GeN2O7/c1-5-27(35)20-11-22-24-18(12-30(22)25(33)19(20)13-37-26(27)34)16(8-9-28(2,3)4)17-10-15(36-14-23(31)32)6-7-21(17)29-24/h6-7,10-11,35H,5,8-9,12-14H2,1-4H3,(H,31,32)/t27-/m0/s1. The molecule has 0 bridgehead atoms. The minimum atomic E-state index is -1.95. The van der Waals surface area contributed by atoms with E-state index in [1.807, 2.05) is 6.07 Å². The van der Waals surface area contributed by atoms with E-state index in [9.17, 15) is 19.5 Å². The number of carbonyl (C=O) groups is 2. The zero-order chi connectivity index (χ0) is 26.7. The van der Waals surface area contributed by atoms with Gasteiger partial charge in [0.2, 0.25) is 0 Å². The number of aliphatic carboxylic acids is 1. The van der Waals surface area contributed by atoms with Crippen molar-refractivity contribution in [2.75, 3.05) is 6.61 Å². The normalized spacial score (nSPS) is 18.2. The van der Waals surface area contributed by atoms with Crippen LogP contribution in [0.4, 0.5) is 0 Å². The number of carbonyl (C=O) groups excluding carboxylic acids is 1. The summed E-state index contributed by atoms with van der Waals surface area (Å²) in [7, 11) is 0. The van der Waals surface area contributed by atoms with Crippen molar-refractivity contribution >= 4 is 36.1 Å². The first-order valence-electron chi connectivity index (χ1n) is 12.4. The fraction of sp³-hybridized carbons (Fsp3) is 0.407. The van der Waals surface area contributed by atoms with Gasteiger partial charge in [0.05, 0.1) is 0 Å². The van der Waals surface area contributed by atoms with Gasteiger partial charge in [0, 0.05) is 0 Å². The van der Waals surface area contributed by atoms with Gasteiger partial charge < -0.3 is 0 Å². The molecule has 37 heavy (non-hydrogen) atoms. The van der Waals surface area contributed by atoms with Crippen molar-refractivity contribution in [1.29, 1.82) is 0 Å². The molecule has 3 aromatic rings. The summed E-state index contributed by atoms with van der Waals surface area (Å²) in [6.45, 7) is 1.39. The van der Waals surface area contributed by atoms with Crippen LogP contribution in [-0.4, -0.2) is 51.6 Å². The third-order valence-electron chi connectivity index (χ3n) is 7.26. The average molecular weight is 567 g/mol. The molecule has 0 fully saturated rings. The van der Waals surface area contributed by atoms with Crippen LogP contribution in [0.15, 0.2) is 29.1 Å². The first-order valence-corrected chi connectivity index (χ1v) is 20.2. The van der Waals surface area contributed by atoms with Gasteiger partial charge in [-0.25, -0.2) is 0 Å². The maximum absolute atomic E-state index is 13.6. The van der Waals surface area contributed by atoms with Crippen LogP contribution in [-0.2, 0) is 39.5 Å². The Hall–Kier alpha value is -3.18. The van der Waals surface area contributed by atoms with Gasteiger partial charge >= 0.3 is 217 Å². The van der Waals surface area contributed by atoms with Crippen molar-refractivity contribution < 1.29 is 29.3 Å². The number of carboxylic acids is 1. The van der Waals surface area contributed by atoms with E-state index in [2.05, 4.69) is 17.3 Å². The molecule has 2 aliphatic rings. The topological polar surface area (TPSA) is 128 Å². The maximum atomic E-state index is 13.6. The van der Waals surface area contributed by atoms with E-state index in [0.29, 0.717) is 40.3 Å². The number of hydrogen-bond acceptors (Lipinski definition) is 7. The first kappa shape index (κ1) is 25.5. The SMILES string of the molecule is CC[C@@]1(O)C(=O)OCc2c1cc1n(c2=O)Cc2c-1nc1ccc(OCC(=O)O)cc1c2C[CH2][Ge]([CH3])([CH3])[CH3]. The van der Waals surface area contributed by atoms with E-state index >= 15 is 0 Å². The molecular formula is C27H30GeN2O7. The van der Waals surface area contributed by atoms with Crippen molar-refractivity contribution in [1.82, 2.24) is 9.55 Å². The van der Waals surface area contributed by atoms with Gasteiger partial charge in [0.25, 0.3) is 0 Å². The zero-order valence-corrected chi connectivity index (χ0v) is 23.5. The van der Waals surface area contributed by atoms with Gasteiger partial charge in [-0.15, -0.1) is 0 Å². The third kappa shape index (κ3) is 4.33. The second-order valence-electron chi connectivity index (χ2n) is 10.9. The molecule has 0 unspecified atom stereocenters. The van der Waals surface area contributed by atoms with Crippen LogP contribution in [0.5, 0.6) is 5.75 Å². The number of esters is 1. The van der Waals surface area contributed by atoms with Crippen LogP contribution < -0.4 is 10.3 Å². The Morgan fingerprint density at radius 1 is 1.22 bits per heavy atom. The third-order valence-corrected chi connectivity index (χ3v) is 10.9. The Bertz CT molecular complexity index is 1520. The number of nitrogens with zero attached hydrogens (tertiary/aromatic N) is 2. The number of fused-ring (bicyclic) bond motifs is 5. The number of hydrogen-bond donors (Lipinski definition) is 2. The molecule has 2 aliphatic heterocycles. The summed E-state index contributed by atoms with van der Waals surface area (Å²) in [5.41, 5.74) is 2.37. The second kappa shape index (κ2) is 8.99. The molecule has 2 aromatic heterocycles. The monoisotopic (exact) mass is 568 g/mol. The first-order chi connectivity index (χ1) is 17.4. The van der Waals surface area contributed by atoms with E-state index in [4.69, 9.17) is 19.6 Å². The van der Waals surface area contributed by atoms with Gasteiger partial charge in [-0.2, -0.15) is 0 Å². The Labute approximate surface area is 216 Å². The van der Waals surface area contributed by atoms with E-state index in [-0.39, 0.29) is 18.6 Å². The van der Waals surface area contributed by atoms with Crippen LogP contribution in [0.25, 0.3) is 22.3 Å². The number of ether oxygens (including phenoxy) is 2. The minimum absolute atomic E-state index is 0.0853. The number of rotatable bonds is 7. The summed E-state index contributed by atoms with van der Waals surface area (Å²) >= 11 is -1.95. The van der Waals surface area contributed by atoms with Crippen LogP contribution in [0, 0.1) is 0 Å². The molecule has 1 atom stereocenters. The van der Waals surface area contributed by atoms with E-state index < -0.39 is 37.4 Å². The van der Waals surface area contributed by atoms with Crippen LogP contribution >= 0.6 is 0 Å². The van der Waals surface area contributed by atoms with E-state index in [1.54, 1.807) is 29.7 Å². The summed E-state index contributed by atoms with van der Waals surface area (Å²) in [6.07, 6.45) is 0.887. The fourth-order valence-corrected chi connectivity index (χ4v) is 7.26. The Balaban J connectivity index is 1.72. The number of aromatic nitrogens is 2. The summed E-state index contributed by atoms with van der Waals surface area (Å²) in [6, 6.07) is 7.04. The molecule has 10 heteroatoms. The predicted molar refractivity (Wildman–Crippen MR) is 140 cm³/mol. The predicted octanol–water partition coefficient (Wildman–Crippen LogP) is 3.42. The summed E-state index contributed by atoms with van der Waals surface area (Å²) in [5, 5.41) is 22.1. The molecule has 9 nitrogen and oxygen atoms in total. The van der Waals surface area contributed by atoms with Gasteiger partial charge in [0.15, 0.2) is 0 Å². The van der Waals surface area contributed by atoms with Crippen LogP contribution in [0.1, 0.15) is 35.6 Å². The molecule has 1 aromatic carbocycles. The van der Waals surface area contributed by atoms with Crippen molar-refractivity contribution in [3.63, 3.8) is 0 Å². The quantitative estimate of drug-likeness (QED) is 0.257.